The monoisotopic (exact) mass is 224 g/mol. The highest BCUT2D eigenvalue weighted by Gasteiger charge is 2.15. The van der Waals surface area contributed by atoms with E-state index in [0.717, 1.165) is 19.6 Å². The molecular formula is C12H24N4. The van der Waals surface area contributed by atoms with Gasteiger partial charge in [-0.2, -0.15) is 5.26 Å². The first-order valence-electron chi connectivity index (χ1n) is 6.19. The molecule has 0 spiro atoms. The molecule has 1 aliphatic heterocycles. The SMILES string of the molecule is CN(C)CCCN1CCN(CCC#N)CC1. The number of hydrogen-bond acceptors (Lipinski definition) is 4. The van der Waals surface area contributed by atoms with Crippen LogP contribution >= 0.6 is 0 Å². The van der Waals surface area contributed by atoms with Crippen molar-refractivity contribution in [3.05, 3.63) is 0 Å². The molecule has 0 unspecified atom stereocenters. The standard InChI is InChI=1S/C12H24N4/c1-14(2)6-4-8-16-11-9-15(10-12-16)7-3-5-13/h3-4,6-12H2,1-2H3. The molecule has 0 aromatic heterocycles. The smallest absolute Gasteiger partial charge is 0.0635 e. The van der Waals surface area contributed by atoms with E-state index in [4.69, 9.17) is 5.26 Å². The van der Waals surface area contributed by atoms with E-state index in [1.165, 1.54) is 32.6 Å². The van der Waals surface area contributed by atoms with Gasteiger partial charge in [-0.25, -0.2) is 0 Å². The van der Waals surface area contributed by atoms with Gasteiger partial charge < -0.3 is 9.80 Å². The van der Waals surface area contributed by atoms with Gasteiger partial charge in [-0.15, -0.1) is 0 Å². The highest BCUT2D eigenvalue weighted by Crippen LogP contribution is 2.03. The number of nitrogens with zero attached hydrogens (tertiary/aromatic N) is 4. The molecule has 0 bridgehead atoms. The van der Waals surface area contributed by atoms with E-state index in [0.29, 0.717) is 6.42 Å². The normalized spacial score (nSPS) is 18.9. The van der Waals surface area contributed by atoms with E-state index in [-0.39, 0.29) is 0 Å². The zero-order valence-corrected chi connectivity index (χ0v) is 10.7. The van der Waals surface area contributed by atoms with Crippen LogP contribution in [-0.4, -0.2) is 74.6 Å². The lowest BCUT2D eigenvalue weighted by atomic mass is 10.2. The topological polar surface area (TPSA) is 33.5 Å². The van der Waals surface area contributed by atoms with Crippen LogP contribution in [0.4, 0.5) is 0 Å². The van der Waals surface area contributed by atoms with Gasteiger partial charge in [0, 0.05) is 39.1 Å². The van der Waals surface area contributed by atoms with Crippen LogP contribution in [0.15, 0.2) is 0 Å². The van der Waals surface area contributed by atoms with Gasteiger partial charge in [0.2, 0.25) is 0 Å². The Bertz CT molecular complexity index is 214. The minimum atomic E-state index is 0.667. The Morgan fingerprint density at radius 2 is 1.62 bits per heavy atom. The van der Waals surface area contributed by atoms with Crippen molar-refractivity contribution in [1.82, 2.24) is 14.7 Å². The number of rotatable bonds is 6. The third kappa shape index (κ3) is 5.45. The second-order valence-electron chi connectivity index (χ2n) is 4.75. The van der Waals surface area contributed by atoms with Crippen LogP contribution < -0.4 is 0 Å². The maximum absolute atomic E-state index is 8.53. The number of hydrogen-bond donors (Lipinski definition) is 0. The van der Waals surface area contributed by atoms with Crippen molar-refractivity contribution >= 4 is 0 Å². The maximum Gasteiger partial charge on any atom is 0.0635 e. The molecule has 1 aliphatic rings. The maximum atomic E-state index is 8.53. The van der Waals surface area contributed by atoms with Crippen molar-refractivity contribution in [3.8, 4) is 6.07 Å². The minimum Gasteiger partial charge on any atom is -0.309 e. The van der Waals surface area contributed by atoms with Gasteiger partial charge in [-0.1, -0.05) is 0 Å². The van der Waals surface area contributed by atoms with Crippen molar-refractivity contribution in [1.29, 1.82) is 5.26 Å². The van der Waals surface area contributed by atoms with E-state index in [1.54, 1.807) is 0 Å². The first kappa shape index (κ1) is 13.4. The number of piperazine rings is 1. The predicted octanol–water partition coefficient (Wildman–Crippen LogP) is 0.469. The fraction of sp³-hybridized carbons (Fsp3) is 0.917. The van der Waals surface area contributed by atoms with Crippen LogP contribution in [0.5, 0.6) is 0 Å². The van der Waals surface area contributed by atoms with Crippen LogP contribution in [0.2, 0.25) is 0 Å². The van der Waals surface area contributed by atoms with Crippen LogP contribution in [-0.2, 0) is 0 Å². The molecular weight excluding hydrogens is 200 g/mol. The van der Waals surface area contributed by atoms with Crippen LogP contribution in [0.3, 0.4) is 0 Å². The van der Waals surface area contributed by atoms with Crippen molar-refractivity contribution in [3.63, 3.8) is 0 Å². The Labute approximate surface area is 99.4 Å². The Morgan fingerprint density at radius 1 is 1.06 bits per heavy atom. The van der Waals surface area contributed by atoms with E-state index < -0.39 is 0 Å². The number of nitriles is 1. The Hall–Kier alpha value is -0.630. The molecule has 4 heteroatoms. The average Bonchev–Trinajstić information content (AvgIpc) is 2.27. The summed E-state index contributed by atoms with van der Waals surface area (Å²) in [5, 5.41) is 8.53. The summed E-state index contributed by atoms with van der Waals surface area (Å²) in [5.41, 5.74) is 0. The molecule has 0 aromatic carbocycles. The summed E-state index contributed by atoms with van der Waals surface area (Å²) in [5.74, 6) is 0. The largest absolute Gasteiger partial charge is 0.309 e. The predicted molar refractivity (Wildman–Crippen MR) is 66.3 cm³/mol. The molecule has 1 saturated heterocycles. The highest BCUT2D eigenvalue weighted by molar-refractivity contribution is 4.76. The van der Waals surface area contributed by atoms with E-state index in [9.17, 15) is 0 Å². The molecule has 1 fully saturated rings. The second kappa shape index (κ2) is 7.61. The molecule has 0 saturated carbocycles. The summed E-state index contributed by atoms with van der Waals surface area (Å²) >= 11 is 0. The summed E-state index contributed by atoms with van der Waals surface area (Å²) in [4.78, 5) is 7.17. The lowest BCUT2D eigenvalue weighted by Gasteiger charge is -2.34. The van der Waals surface area contributed by atoms with Gasteiger partial charge in [0.25, 0.3) is 0 Å². The van der Waals surface area contributed by atoms with Crippen molar-refractivity contribution in [2.45, 2.75) is 12.8 Å². The zero-order valence-electron chi connectivity index (χ0n) is 10.7. The van der Waals surface area contributed by atoms with Gasteiger partial charge >= 0.3 is 0 Å². The summed E-state index contributed by atoms with van der Waals surface area (Å²) in [6, 6.07) is 2.21. The highest BCUT2D eigenvalue weighted by atomic mass is 15.3. The molecule has 1 rings (SSSR count). The van der Waals surface area contributed by atoms with Gasteiger partial charge in [0.1, 0.15) is 0 Å². The van der Waals surface area contributed by atoms with Gasteiger partial charge in [0.05, 0.1) is 6.07 Å². The molecule has 0 atom stereocenters. The summed E-state index contributed by atoms with van der Waals surface area (Å²) in [6.45, 7) is 7.92. The molecule has 1 heterocycles. The van der Waals surface area contributed by atoms with E-state index >= 15 is 0 Å². The lowest BCUT2D eigenvalue weighted by molar-refractivity contribution is 0.131. The van der Waals surface area contributed by atoms with Crippen LogP contribution in [0, 0.1) is 11.3 Å². The fourth-order valence-electron chi connectivity index (χ4n) is 2.06. The Kier molecular flexibility index (Phi) is 6.39. The first-order valence-corrected chi connectivity index (χ1v) is 6.19. The van der Waals surface area contributed by atoms with E-state index in [1.807, 2.05) is 0 Å². The zero-order chi connectivity index (χ0) is 11.8. The Morgan fingerprint density at radius 3 is 2.12 bits per heavy atom. The van der Waals surface area contributed by atoms with Gasteiger partial charge in [-0.05, 0) is 33.6 Å². The van der Waals surface area contributed by atoms with Crippen molar-refractivity contribution in [2.24, 2.45) is 0 Å². The van der Waals surface area contributed by atoms with Crippen LogP contribution in [0.25, 0.3) is 0 Å². The average molecular weight is 224 g/mol. The van der Waals surface area contributed by atoms with Crippen molar-refractivity contribution < 1.29 is 0 Å². The summed E-state index contributed by atoms with van der Waals surface area (Å²) in [7, 11) is 4.25. The van der Waals surface area contributed by atoms with Gasteiger partial charge in [0.15, 0.2) is 0 Å². The Balaban J connectivity index is 2.05. The van der Waals surface area contributed by atoms with Gasteiger partial charge in [-0.3, -0.25) is 4.90 Å². The van der Waals surface area contributed by atoms with Crippen molar-refractivity contribution in [2.75, 3.05) is 59.9 Å². The molecule has 0 N–H and O–H groups in total. The molecule has 16 heavy (non-hydrogen) atoms. The second-order valence-corrected chi connectivity index (χ2v) is 4.75. The lowest BCUT2D eigenvalue weighted by Crippen LogP contribution is -2.47. The van der Waals surface area contributed by atoms with Crippen LogP contribution in [0.1, 0.15) is 12.8 Å². The third-order valence-electron chi connectivity index (χ3n) is 3.08. The molecule has 0 aromatic rings. The molecule has 0 aliphatic carbocycles. The van der Waals surface area contributed by atoms with E-state index in [2.05, 4.69) is 34.9 Å². The molecule has 0 amide bonds. The quantitative estimate of drug-likeness (QED) is 0.657. The molecule has 92 valence electrons. The minimum absolute atomic E-state index is 0.667. The molecule has 4 nitrogen and oxygen atoms in total. The molecule has 0 radical (unpaired) electrons. The fourth-order valence-corrected chi connectivity index (χ4v) is 2.06. The summed E-state index contributed by atoms with van der Waals surface area (Å²) in [6.07, 6.45) is 1.92. The third-order valence-corrected chi connectivity index (χ3v) is 3.08. The summed E-state index contributed by atoms with van der Waals surface area (Å²) < 4.78 is 0. The first-order chi connectivity index (χ1) is 7.72.